The number of hydrogen-bond donors (Lipinski definition) is 1. The molecule has 0 unspecified atom stereocenters. The lowest BCUT2D eigenvalue weighted by Crippen LogP contribution is -2.36. The monoisotopic (exact) mass is 376 g/mol. The van der Waals surface area contributed by atoms with Crippen molar-refractivity contribution in [1.82, 2.24) is 14.3 Å². The molecule has 28 heavy (non-hydrogen) atoms. The van der Waals surface area contributed by atoms with Gasteiger partial charge < -0.3 is 10.2 Å². The standard InChI is InChI=1S/C22H24N4O2/c1-15-9-10-16(2)17(14-15)23-21(27)19-18-8-4-7-13-26(18)20(24-19)22(28)25-11-5-3-6-12-25/h4,7-10,13-14H,3,5-6,11-12H2,1-2H3,(H,23,27). The molecule has 0 saturated carbocycles. The van der Waals surface area contributed by atoms with E-state index in [-0.39, 0.29) is 17.5 Å². The molecule has 6 heteroatoms. The summed E-state index contributed by atoms with van der Waals surface area (Å²) >= 11 is 0. The zero-order valence-electron chi connectivity index (χ0n) is 16.2. The van der Waals surface area contributed by atoms with Gasteiger partial charge in [0.15, 0.2) is 5.69 Å². The van der Waals surface area contributed by atoms with Gasteiger partial charge in [-0.25, -0.2) is 4.98 Å². The normalized spacial score (nSPS) is 14.3. The van der Waals surface area contributed by atoms with Crippen LogP contribution in [-0.4, -0.2) is 39.2 Å². The van der Waals surface area contributed by atoms with Crippen LogP contribution < -0.4 is 5.32 Å². The second-order valence-corrected chi connectivity index (χ2v) is 7.37. The number of likely N-dealkylation sites (tertiary alicyclic amines) is 1. The summed E-state index contributed by atoms with van der Waals surface area (Å²) in [4.78, 5) is 32.3. The maximum absolute atomic E-state index is 13.0. The van der Waals surface area contributed by atoms with Crippen molar-refractivity contribution in [3.63, 3.8) is 0 Å². The Bertz CT molecular complexity index is 1050. The van der Waals surface area contributed by atoms with Gasteiger partial charge in [-0.2, -0.15) is 0 Å². The van der Waals surface area contributed by atoms with E-state index in [0.717, 1.165) is 49.2 Å². The molecule has 1 aliphatic rings. The van der Waals surface area contributed by atoms with E-state index in [9.17, 15) is 9.59 Å². The molecule has 3 aromatic rings. The van der Waals surface area contributed by atoms with Crippen LogP contribution in [0.25, 0.3) is 5.52 Å². The first-order chi connectivity index (χ1) is 13.5. The second-order valence-electron chi connectivity index (χ2n) is 7.37. The van der Waals surface area contributed by atoms with Gasteiger partial charge in [-0.1, -0.05) is 18.2 Å². The van der Waals surface area contributed by atoms with E-state index in [4.69, 9.17) is 0 Å². The maximum Gasteiger partial charge on any atom is 0.290 e. The fourth-order valence-electron chi connectivity index (χ4n) is 3.65. The number of anilines is 1. The van der Waals surface area contributed by atoms with Crippen molar-refractivity contribution in [2.45, 2.75) is 33.1 Å². The van der Waals surface area contributed by atoms with Crippen LogP contribution in [0.4, 0.5) is 5.69 Å². The number of amides is 2. The highest BCUT2D eigenvalue weighted by atomic mass is 16.2. The average molecular weight is 376 g/mol. The SMILES string of the molecule is Cc1ccc(C)c(NC(=O)c2nc(C(=O)N3CCCCC3)n3ccccc23)c1. The number of nitrogens with one attached hydrogen (secondary N) is 1. The van der Waals surface area contributed by atoms with Gasteiger partial charge in [0, 0.05) is 25.0 Å². The van der Waals surface area contributed by atoms with E-state index in [1.807, 2.05) is 55.1 Å². The van der Waals surface area contributed by atoms with Gasteiger partial charge in [0.2, 0.25) is 5.82 Å². The summed E-state index contributed by atoms with van der Waals surface area (Å²) in [5.41, 5.74) is 3.70. The number of pyridine rings is 1. The van der Waals surface area contributed by atoms with Crippen LogP contribution in [0.1, 0.15) is 51.5 Å². The van der Waals surface area contributed by atoms with Crippen molar-refractivity contribution in [2.24, 2.45) is 0 Å². The number of carbonyl (C=O) groups is 2. The van der Waals surface area contributed by atoms with Crippen molar-refractivity contribution in [3.8, 4) is 0 Å². The molecule has 0 bridgehead atoms. The van der Waals surface area contributed by atoms with E-state index in [1.54, 1.807) is 10.6 Å². The number of imidazole rings is 1. The molecule has 2 amide bonds. The summed E-state index contributed by atoms with van der Waals surface area (Å²) in [6.07, 6.45) is 4.95. The molecule has 1 aromatic carbocycles. The fraction of sp³-hybridized carbons (Fsp3) is 0.318. The number of nitrogens with zero attached hydrogens (tertiary/aromatic N) is 3. The summed E-state index contributed by atoms with van der Waals surface area (Å²) in [6, 6.07) is 11.4. The number of hydrogen-bond acceptors (Lipinski definition) is 3. The van der Waals surface area contributed by atoms with Crippen molar-refractivity contribution in [1.29, 1.82) is 0 Å². The van der Waals surface area contributed by atoms with Gasteiger partial charge >= 0.3 is 0 Å². The van der Waals surface area contributed by atoms with Gasteiger partial charge in [-0.05, 0) is 62.4 Å². The Morgan fingerprint density at radius 2 is 1.82 bits per heavy atom. The molecule has 0 atom stereocenters. The lowest BCUT2D eigenvalue weighted by atomic mass is 10.1. The number of rotatable bonds is 3. The predicted molar refractivity (Wildman–Crippen MR) is 109 cm³/mol. The lowest BCUT2D eigenvalue weighted by molar-refractivity contribution is 0.0711. The van der Waals surface area contributed by atoms with E-state index in [1.165, 1.54) is 0 Å². The third-order valence-electron chi connectivity index (χ3n) is 5.24. The third-order valence-corrected chi connectivity index (χ3v) is 5.24. The van der Waals surface area contributed by atoms with Crippen molar-refractivity contribution < 1.29 is 9.59 Å². The van der Waals surface area contributed by atoms with Crippen LogP contribution in [0.5, 0.6) is 0 Å². The van der Waals surface area contributed by atoms with Crippen LogP contribution in [0, 0.1) is 13.8 Å². The average Bonchev–Trinajstić information content (AvgIpc) is 3.11. The third kappa shape index (κ3) is 3.38. The maximum atomic E-state index is 13.0. The zero-order valence-corrected chi connectivity index (χ0v) is 16.2. The fourth-order valence-corrected chi connectivity index (χ4v) is 3.65. The van der Waals surface area contributed by atoms with E-state index >= 15 is 0 Å². The highest BCUT2D eigenvalue weighted by molar-refractivity contribution is 6.09. The first-order valence-electron chi connectivity index (χ1n) is 9.69. The van der Waals surface area contributed by atoms with E-state index in [0.29, 0.717) is 11.3 Å². The Morgan fingerprint density at radius 3 is 2.61 bits per heavy atom. The molecule has 0 radical (unpaired) electrons. The Morgan fingerprint density at radius 1 is 1.04 bits per heavy atom. The molecule has 0 aliphatic carbocycles. The highest BCUT2D eigenvalue weighted by Gasteiger charge is 2.26. The number of aryl methyl sites for hydroxylation is 2. The molecule has 1 aliphatic heterocycles. The van der Waals surface area contributed by atoms with E-state index < -0.39 is 0 Å². The molecular weight excluding hydrogens is 352 g/mol. The van der Waals surface area contributed by atoms with Crippen molar-refractivity contribution in [3.05, 3.63) is 65.2 Å². The molecule has 3 heterocycles. The van der Waals surface area contributed by atoms with Crippen molar-refractivity contribution >= 4 is 23.0 Å². The molecule has 1 N–H and O–H groups in total. The topological polar surface area (TPSA) is 66.7 Å². The Kier molecular flexibility index (Phi) is 4.86. The highest BCUT2D eigenvalue weighted by Crippen LogP contribution is 2.21. The van der Waals surface area contributed by atoms with Crippen LogP contribution in [0.2, 0.25) is 0 Å². The van der Waals surface area contributed by atoms with Crippen LogP contribution >= 0.6 is 0 Å². The minimum Gasteiger partial charge on any atom is -0.336 e. The first kappa shape index (κ1) is 18.2. The zero-order chi connectivity index (χ0) is 19.7. The largest absolute Gasteiger partial charge is 0.336 e. The molecule has 1 saturated heterocycles. The molecule has 1 fully saturated rings. The van der Waals surface area contributed by atoms with Gasteiger partial charge in [-0.15, -0.1) is 0 Å². The van der Waals surface area contributed by atoms with Crippen LogP contribution in [0.15, 0.2) is 42.6 Å². The summed E-state index contributed by atoms with van der Waals surface area (Å²) in [5, 5.41) is 2.95. The Hall–Kier alpha value is -3.15. The summed E-state index contributed by atoms with van der Waals surface area (Å²) < 4.78 is 1.72. The molecule has 144 valence electrons. The quantitative estimate of drug-likeness (QED) is 0.755. The number of carbonyl (C=O) groups excluding carboxylic acids is 2. The molecule has 6 nitrogen and oxygen atoms in total. The summed E-state index contributed by atoms with van der Waals surface area (Å²) in [7, 11) is 0. The molecule has 0 spiro atoms. The predicted octanol–water partition coefficient (Wildman–Crippen LogP) is 3.83. The lowest BCUT2D eigenvalue weighted by Gasteiger charge is -2.25. The van der Waals surface area contributed by atoms with Gasteiger partial charge in [0.05, 0.1) is 5.52 Å². The van der Waals surface area contributed by atoms with Gasteiger partial charge in [0.25, 0.3) is 11.8 Å². The van der Waals surface area contributed by atoms with Crippen molar-refractivity contribution in [2.75, 3.05) is 18.4 Å². The van der Waals surface area contributed by atoms with E-state index in [2.05, 4.69) is 10.3 Å². The number of fused-ring (bicyclic) bond motifs is 1. The Labute approximate surface area is 164 Å². The van der Waals surface area contributed by atoms with Crippen LogP contribution in [0.3, 0.4) is 0 Å². The van der Waals surface area contributed by atoms with Crippen LogP contribution in [-0.2, 0) is 0 Å². The van der Waals surface area contributed by atoms with Gasteiger partial charge in [0.1, 0.15) is 0 Å². The molecule has 2 aromatic heterocycles. The minimum atomic E-state index is -0.310. The summed E-state index contributed by atoms with van der Waals surface area (Å²) in [5.74, 6) is -0.134. The van der Waals surface area contributed by atoms with Gasteiger partial charge in [-0.3, -0.25) is 14.0 Å². The Balaban J connectivity index is 1.70. The minimum absolute atomic E-state index is 0.119. The number of benzene rings is 1. The molecule has 4 rings (SSSR count). The number of piperidine rings is 1. The smallest absolute Gasteiger partial charge is 0.290 e. The molecular formula is C22H24N4O2. The first-order valence-corrected chi connectivity index (χ1v) is 9.69. The second kappa shape index (κ2) is 7.46. The number of aromatic nitrogens is 2. The summed E-state index contributed by atoms with van der Waals surface area (Å²) in [6.45, 7) is 5.41.